The van der Waals surface area contributed by atoms with Crippen LogP contribution >= 0.6 is 11.3 Å². The van der Waals surface area contributed by atoms with Gasteiger partial charge in [-0.05, 0) is 30.5 Å². The molecule has 0 unspecified atom stereocenters. The lowest BCUT2D eigenvalue weighted by molar-refractivity contribution is 1.06. The van der Waals surface area contributed by atoms with E-state index in [-0.39, 0.29) is 0 Å². The monoisotopic (exact) mass is 311 g/mol. The third-order valence-corrected chi connectivity index (χ3v) is 3.94. The number of anilines is 2. The Morgan fingerprint density at radius 3 is 2.68 bits per heavy atom. The molecule has 0 saturated heterocycles. The summed E-state index contributed by atoms with van der Waals surface area (Å²) >= 11 is 1.73. The first-order valence-corrected chi connectivity index (χ1v) is 8.02. The van der Waals surface area contributed by atoms with E-state index >= 15 is 0 Å². The minimum atomic E-state index is 0.630. The first kappa shape index (κ1) is 14.5. The van der Waals surface area contributed by atoms with Crippen LogP contribution in [0, 0.1) is 0 Å². The summed E-state index contributed by atoms with van der Waals surface area (Å²) in [5.74, 6) is 1.44. The molecule has 0 saturated carbocycles. The Hall–Kier alpha value is -2.47. The summed E-state index contributed by atoms with van der Waals surface area (Å²) in [5, 5.41) is 8.61. The molecule has 0 aliphatic carbocycles. The fraction of sp³-hybridized carbons (Fsp3) is 0.188. The van der Waals surface area contributed by atoms with E-state index in [9.17, 15) is 0 Å². The number of pyridine rings is 1. The van der Waals surface area contributed by atoms with Crippen LogP contribution in [-0.2, 0) is 6.54 Å². The van der Waals surface area contributed by atoms with Crippen molar-refractivity contribution in [1.29, 1.82) is 0 Å². The Labute approximate surface area is 133 Å². The second-order valence-electron chi connectivity index (χ2n) is 4.66. The maximum atomic E-state index is 4.55. The lowest BCUT2D eigenvalue weighted by Gasteiger charge is -2.10. The number of hydrogen-bond donors (Lipinski definition) is 2. The van der Waals surface area contributed by atoms with E-state index in [4.69, 9.17) is 0 Å². The number of aromatic nitrogens is 3. The van der Waals surface area contributed by atoms with E-state index in [1.165, 1.54) is 4.88 Å². The van der Waals surface area contributed by atoms with Crippen LogP contribution in [0.1, 0.15) is 11.8 Å². The van der Waals surface area contributed by atoms with Crippen molar-refractivity contribution < 1.29 is 0 Å². The van der Waals surface area contributed by atoms with Gasteiger partial charge < -0.3 is 10.6 Å². The molecule has 0 aliphatic rings. The van der Waals surface area contributed by atoms with Crippen LogP contribution in [0.15, 0.2) is 48.1 Å². The van der Waals surface area contributed by atoms with E-state index in [1.807, 2.05) is 31.2 Å². The molecule has 3 heterocycles. The SMILES string of the molecule is CCNc1nc(NCc2cccs2)cc(-c2ccncc2)n1. The average molecular weight is 311 g/mol. The van der Waals surface area contributed by atoms with Crippen LogP contribution in [0.25, 0.3) is 11.3 Å². The quantitative estimate of drug-likeness (QED) is 0.727. The van der Waals surface area contributed by atoms with Gasteiger partial charge in [0.15, 0.2) is 0 Å². The molecule has 3 aromatic rings. The molecule has 5 nitrogen and oxygen atoms in total. The van der Waals surface area contributed by atoms with E-state index in [1.54, 1.807) is 23.7 Å². The second kappa shape index (κ2) is 7.00. The van der Waals surface area contributed by atoms with Gasteiger partial charge >= 0.3 is 0 Å². The van der Waals surface area contributed by atoms with Gasteiger partial charge in [-0.1, -0.05) is 6.07 Å². The number of hydrogen-bond acceptors (Lipinski definition) is 6. The number of nitrogens with zero attached hydrogens (tertiary/aromatic N) is 3. The maximum absolute atomic E-state index is 4.55. The van der Waals surface area contributed by atoms with Crippen LogP contribution < -0.4 is 10.6 Å². The third-order valence-electron chi connectivity index (χ3n) is 3.06. The van der Waals surface area contributed by atoms with Crippen molar-refractivity contribution in [3.63, 3.8) is 0 Å². The van der Waals surface area contributed by atoms with E-state index in [2.05, 4.69) is 37.0 Å². The van der Waals surface area contributed by atoms with Crippen molar-refractivity contribution in [3.05, 3.63) is 53.0 Å². The van der Waals surface area contributed by atoms with Crippen molar-refractivity contribution in [3.8, 4) is 11.3 Å². The van der Waals surface area contributed by atoms with Crippen molar-refractivity contribution in [1.82, 2.24) is 15.0 Å². The van der Waals surface area contributed by atoms with Crippen LogP contribution in [0.3, 0.4) is 0 Å². The highest BCUT2D eigenvalue weighted by Gasteiger charge is 2.06. The molecular weight excluding hydrogens is 294 g/mol. The standard InChI is InChI=1S/C16H17N5S/c1-2-18-16-20-14(12-5-7-17-8-6-12)10-15(21-16)19-11-13-4-3-9-22-13/h3-10H,2,11H2,1H3,(H2,18,19,20,21). The smallest absolute Gasteiger partial charge is 0.225 e. The van der Waals surface area contributed by atoms with E-state index in [0.717, 1.165) is 30.2 Å². The van der Waals surface area contributed by atoms with E-state index < -0.39 is 0 Å². The zero-order valence-corrected chi connectivity index (χ0v) is 13.1. The van der Waals surface area contributed by atoms with Crippen molar-refractivity contribution in [2.24, 2.45) is 0 Å². The second-order valence-corrected chi connectivity index (χ2v) is 5.69. The third kappa shape index (κ3) is 3.59. The molecule has 2 N–H and O–H groups in total. The molecule has 0 amide bonds. The molecule has 0 radical (unpaired) electrons. The summed E-state index contributed by atoms with van der Waals surface area (Å²) in [6.45, 7) is 3.57. The van der Waals surface area contributed by atoms with E-state index in [0.29, 0.717) is 5.95 Å². The van der Waals surface area contributed by atoms with Gasteiger partial charge in [-0.2, -0.15) is 4.98 Å². The van der Waals surface area contributed by atoms with Gasteiger partial charge in [0.25, 0.3) is 0 Å². The first-order valence-electron chi connectivity index (χ1n) is 7.15. The molecule has 3 aromatic heterocycles. The molecule has 0 bridgehead atoms. The highest BCUT2D eigenvalue weighted by atomic mass is 32.1. The zero-order chi connectivity index (χ0) is 15.2. The molecule has 0 aliphatic heterocycles. The molecule has 0 atom stereocenters. The Kier molecular flexibility index (Phi) is 4.60. The predicted octanol–water partition coefficient (Wildman–Crippen LogP) is 3.64. The van der Waals surface area contributed by atoms with Gasteiger partial charge in [-0.15, -0.1) is 11.3 Å². The lowest BCUT2D eigenvalue weighted by Crippen LogP contribution is -2.07. The summed E-state index contributed by atoms with van der Waals surface area (Å²) < 4.78 is 0. The molecular formula is C16H17N5S. The predicted molar refractivity (Wildman–Crippen MR) is 91.1 cm³/mol. The fourth-order valence-electron chi connectivity index (χ4n) is 2.04. The van der Waals surface area contributed by atoms with Crippen LogP contribution in [-0.4, -0.2) is 21.5 Å². The van der Waals surface area contributed by atoms with Crippen LogP contribution in [0.5, 0.6) is 0 Å². The zero-order valence-electron chi connectivity index (χ0n) is 12.3. The fourth-order valence-corrected chi connectivity index (χ4v) is 2.68. The first-order chi connectivity index (χ1) is 10.8. The van der Waals surface area contributed by atoms with Gasteiger partial charge in [0.05, 0.1) is 12.2 Å². The molecule has 22 heavy (non-hydrogen) atoms. The summed E-state index contributed by atoms with van der Waals surface area (Å²) in [6.07, 6.45) is 3.53. The van der Waals surface area contributed by atoms with Gasteiger partial charge in [0.2, 0.25) is 5.95 Å². The molecule has 3 rings (SSSR count). The number of thiophene rings is 1. The highest BCUT2D eigenvalue weighted by Crippen LogP contribution is 2.21. The van der Waals surface area contributed by atoms with Crippen LogP contribution in [0.2, 0.25) is 0 Å². The van der Waals surface area contributed by atoms with Crippen molar-refractivity contribution in [2.75, 3.05) is 17.2 Å². The minimum absolute atomic E-state index is 0.630. The van der Waals surface area contributed by atoms with Gasteiger partial charge in [-0.25, -0.2) is 4.98 Å². The Balaban J connectivity index is 1.86. The summed E-state index contributed by atoms with van der Waals surface area (Å²) in [7, 11) is 0. The highest BCUT2D eigenvalue weighted by molar-refractivity contribution is 7.09. The largest absolute Gasteiger partial charge is 0.365 e. The summed E-state index contributed by atoms with van der Waals surface area (Å²) in [5.41, 5.74) is 1.90. The molecule has 0 spiro atoms. The average Bonchev–Trinajstić information content (AvgIpc) is 3.07. The molecule has 0 aromatic carbocycles. The van der Waals surface area contributed by atoms with Gasteiger partial charge in [-0.3, -0.25) is 4.98 Å². The van der Waals surface area contributed by atoms with Crippen LogP contribution in [0.4, 0.5) is 11.8 Å². The molecule has 112 valence electrons. The maximum Gasteiger partial charge on any atom is 0.225 e. The number of rotatable bonds is 6. The van der Waals surface area contributed by atoms with Crippen molar-refractivity contribution in [2.45, 2.75) is 13.5 Å². The Morgan fingerprint density at radius 1 is 1.09 bits per heavy atom. The Bertz CT molecular complexity index is 713. The minimum Gasteiger partial charge on any atom is -0.365 e. The van der Waals surface area contributed by atoms with Crippen molar-refractivity contribution >= 4 is 23.1 Å². The summed E-state index contributed by atoms with van der Waals surface area (Å²) in [6, 6.07) is 10.0. The van der Waals surface area contributed by atoms with Gasteiger partial charge in [0, 0.05) is 35.4 Å². The topological polar surface area (TPSA) is 62.7 Å². The normalized spacial score (nSPS) is 10.4. The molecule has 0 fully saturated rings. The number of nitrogens with one attached hydrogen (secondary N) is 2. The molecule has 6 heteroatoms. The summed E-state index contributed by atoms with van der Waals surface area (Å²) in [4.78, 5) is 14.4. The van der Waals surface area contributed by atoms with Gasteiger partial charge in [0.1, 0.15) is 5.82 Å². The lowest BCUT2D eigenvalue weighted by atomic mass is 10.2. The Morgan fingerprint density at radius 2 is 1.95 bits per heavy atom.